The van der Waals surface area contributed by atoms with Gasteiger partial charge in [0.1, 0.15) is 29.7 Å². The highest BCUT2D eigenvalue weighted by Crippen LogP contribution is 2.40. The van der Waals surface area contributed by atoms with E-state index < -0.39 is 108 Å². The van der Waals surface area contributed by atoms with Crippen LogP contribution in [0.4, 0.5) is 0 Å². The Balaban J connectivity index is 2.15. The number of carbonyl (C=O) groups is 2. The van der Waals surface area contributed by atoms with Crippen LogP contribution < -0.4 is 0 Å². The number of ketones is 1. The average molecular weight is 691 g/mol. The third-order valence-corrected chi connectivity index (χ3v) is 11.1. The van der Waals surface area contributed by atoms with E-state index in [0.29, 0.717) is 12.8 Å². The zero-order valence-electron chi connectivity index (χ0n) is 30.6. The second-order valence-corrected chi connectivity index (χ2v) is 15.4. The van der Waals surface area contributed by atoms with Gasteiger partial charge >= 0.3 is 5.97 Å². The molecule has 13 nitrogen and oxygen atoms in total. The molecule has 5 N–H and O–H groups in total. The van der Waals surface area contributed by atoms with Crippen molar-refractivity contribution in [3.63, 3.8) is 0 Å². The molecule has 0 aromatic rings. The number of ether oxygens (including phenoxy) is 6. The van der Waals surface area contributed by atoms with Gasteiger partial charge in [-0.25, -0.2) is 0 Å². The van der Waals surface area contributed by atoms with Crippen LogP contribution in [0, 0.1) is 23.7 Å². The summed E-state index contributed by atoms with van der Waals surface area (Å²) >= 11 is 0. The molecule has 0 amide bonds. The lowest BCUT2D eigenvalue weighted by atomic mass is 9.74. The summed E-state index contributed by atoms with van der Waals surface area (Å²) in [4.78, 5) is 27.7. The van der Waals surface area contributed by atoms with Crippen LogP contribution in [0.15, 0.2) is 0 Å². The molecule has 0 bridgehead atoms. The molecule has 280 valence electrons. The number of aliphatic hydroxyl groups is 5. The van der Waals surface area contributed by atoms with Crippen LogP contribution in [0.3, 0.4) is 0 Å². The summed E-state index contributed by atoms with van der Waals surface area (Å²) in [6.45, 7) is 16.3. The molecule has 3 rings (SSSR count). The van der Waals surface area contributed by atoms with E-state index in [1.165, 1.54) is 27.9 Å². The van der Waals surface area contributed by atoms with Gasteiger partial charge in [0.25, 0.3) is 0 Å². The lowest BCUT2D eigenvalue weighted by molar-refractivity contribution is -0.314. The minimum Gasteiger partial charge on any atom is -0.459 e. The van der Waals surface area contributed by atoms with Crippen LogP contribution in [0.5, 0.6) is 0 Å². The summed E-state index contributed by atoms with van der Waals surface area (Å²) in [5, 5.41) is 56.7. The molecule has 0 radical (unpaired) electrons. The Hall–Kier alpha value is -1.26. The maximum atomic E-state index is 14.0. The molecule has 0 aromatic heterocycles. The number of carbonyl (C=O) groups excluding carboxylic acids is 2. The Kier molecular flexibility index (Phi) is 13.7. The van der Waals surface area contributed by atoms with Crippen molar-refractivity contribution >= 4 is 11.8 Å². The van der Waals surface area contributed by atoms with Crippen molar-refractivity contribution in [2.24, 2.45) is 23.7 Å². The van der Waals surface area contributed by atoms with Crippen LogP contribution in [0.25, 0.3) is 0 Å². The van der Waals surface area contributed by atoms with Crippen molar-refractivity contribution in [3.05, 3.63) is 0 Å². The van der Waals surface area contributed by atoms with E-state index in [0.717, 1.165) is 0 Å². The van der Waals surface area contributed by atoms with E-state index in [2.05, 4.69) is 0 Å². The second kappa shape index (κ2) is 16.0. The van der Waals surface area contributed by atoms with E-state index >= 15 is 0 Å². The van der Waals surface area contributed by atoms with E-state index in [-0.39, 0.29) is 25.4 Å². The molecule has 3 aliphatic heterocycles. The fraction of sp³-hybridized carbons (Fsp3) is 0.943. The maximum Gasteiger partial charge on any atom is 0.311 e. The minimum absolute atomic E-state index is 0.103. The van der Waals surface area contributed by atoms with Gasteiger partial charge < -0.3 is 54.0 Å². The Morgan fingerprint density at radius 2 is 1.48 bits per heavy atom. The normalized spacial score (nSPS) is 50.4. The first-order valence-electron chi connectivity index (χ1n) is 17.5. The van der Waals surface area contributed by atoms with Gasteiger partial charge in [0.2, 0.25) is 0 Å². The predicted molar refractivity (Wildman–Crippen MR) is 173 cm³/mol. The Labute approximate surface area is 285 Å². The van der Waals surface area contributed by atoms with Gasteiger partial charge in [0, 0.05) is 31.3 Å². The molecule has 3 aliphatic rings. The number of hydrogen-bond donors (Lipinski definition) is 5. The van der Waals surface area contributed by atoms with Gasteiger partial charge in [-0.3, -0.25) is 9.59 Å². The third kappa shape index (κ3) is 8.78. The topological polar surface area (TPSA) is 191 Å². The highest BCUT2D eigenvalue weighted by molar-refractivity contribution is 5.83. The number of esters is 1. The molecule has 3 fully saturated rings. The SMILES string of the molecule is CC[C@H]1OC(=O)[C@H](C)[C@@H](OC2CC(C)(OC)C(O)C(C)O2)C(C)[C@@H](OC2OC(C)CCC2O)[C@](C)(O)C[C@@H](C)C(=O)[C@H](C)[C@@H](O)[C@]1(C)O. The molecule has 0 aliphatic carbocycles. The van der Waals surface area contributed by atoms with E-state index in [9.17, 15) is 35.1 Å². The molecule has 48 heavy (non-hydrogen) atoms. The van der Waals surface area contributed by atoms with E-state index in [1.54, 1.807) is 41.5 Å². The zero-order valence-corrected chi connectivity index (χ0v) is 30.6. The molecular formula is C35H62O13. The molecular weight excluding hydrogens is 628 g/mol. The number of Topliss-reactive ketones (excluding diaryl/α,β-unsaturated/α-hetero) is 1. The fourth-order valence-corrected chi connectivity index (χ4v) is 7.81. The molecule has 8 unspecified atom stereocenters. The van der Waals surface area contributed by atoms with Crippen molar-refractivity contribution in [2.75, 3.05) is 7.11 Å². The number of methoxy groups -OCH3 is 1. The smallest absolute Gasteiger partial charge is 0.311 e. The van der Waals surface area contributed by atoms with Crippen molar-refractivity contribution in [1.82, 2.24) is 0 Å². The monoisotopic (exact) mass is 690 g/mol. The van der Waals surface area contributed by atoms with Crippen LogP contribution in [-0.4, -0.2) is 123 Å². The van der Waals surface area contributed by atoms with Gasteiger partial charge in [-0.2, -0.15) is 0 Å². The number of rotatable bonds is 6. The molecule has 0 saturated carbocycles. The standard InChI is InChI=1S/C35H62O13/c1-12-24-35(10,42)28(38)19(4)26(37)17(2)15-33(8,41)30(48-32-23(36)14-13-18(3)44-32)20(5)27(21(6)31(40)46-24)47-25-16-34(9,43-11)29(39)22(7)45-25/h17-25,27-30,32,36,38-39,41-42H,12-16H2,1-11H3/t17-,18?,19+,20?,21-,22?,23?,24-,25?,27+,28-,29?,30-,32?,33-,34?,35-/m1/s1. The highest BCUT2D eigenvalue weighted by Gasteiger charge is 2.53. The second-order valence-electron chi connectivity index (χ2n) is 15.4. The first-order valence-corrected chi connectivity index (χ1v) is 17.5. The Bertz CT molecular complexity index is 1080. The average Bonchev–Trinajstić information content (AvgIpc) is 3.02. The van der Waals surface area contributed by atoms with Crippen LogP contribution in [-0.2, 0) is 38.0 Å². The summed E-state index contributed by atoms with van der Waals surface area (Å²) in [5.74, 6) is -4.88. The zero-order chi connectivity index (χ0) is 36.5. The Morgan fingerprint density at radius 3 is 2.06 bits per heavy atom. The Morgan fingerprint density at radius 1 is 0.854 bits per heavy atom. The number of cyclic esters (lactones) is 1. The highest BCUT2D eigenvalue weighted by atomic mass is 16.7. The van der Waals surface area contributed by atoms with Crippen LogP contribution in [0.2, 0.25) is 0 Å². The van der Waals surface area contributed by atoms with Gasteiger partial charge in [0.15, 0.2) is 12.6 Å². The number of aliphatic hydroxyl groups excluding tert-OH is 3. The number of hydrogen-bond acceptors (Lipinski definition) is 13. The van der Waals surface area contributed by atoms with Gasteiger partial charge in [-0.05, 0) is 67.2 Å². The molecule has 3 heterocycles. The van der Waals surface area contributed by atoms with Crippen molar-refractivity contribution < 1.29 is 63.5 Å². The van der Waals surface area contributed by atoms with Gasteiger partial charge in [0.05, 0.1) is 47.6 Å². The summed E-state index contributed by atoms with van der Waals surface area (Å²) in [6, 6.07) is 0. The molecule has 13 heteroatoms. The molecule has 3 saturated heterocycles. The lowest BCUT2D eigenvalue weighted by Crippen LogP contribution is -2.60. The predicted octanol–water partition coefficient (Wildman–Crippen LogP) is 2.25. The molecule has 0 aromatic carbocycles. The quantitative estimate of drug-likeness (QED) is 0.255. The summed E-state index contributed by atoms with van der Waals surface area (Å²) in [7, 11) is 1.48. The first kappa shape index (κ1) is 41.2. The fourth-order valence-electron chi connectivity index (χ4n) is 7.81. The van der Waals surface area contributed by atoms with Crippen LogP contribution >= 0.6 is 0 Å². The molecule has 0 spiro atoms. The van der Waals surface area contributed by atoms with Crippen molar-refractivity contribution in [1.29, 1.82) is 0 Å². The summed E-state index contributed by atoms with van der Waals surface area (Å²) in [5.41, 5.74) is -4.78. The van der Waals surface area contributed by atoms with E-state index in [1.807, 2.05) is 6.92 Å². The van der Waals surface area contributed by atoms with Crippen molar-refractivity contribution in [2.45, 2.75) is 180 Å². The minimum atomic E-state index is -1.98. The molecule has 17 atom stereocenters. The third-order valence-electron chi connectivity index (χ3n) is 11.1. The first-order chi connectivity index (χ1) is 22.1. The van der Waals surface area contributed by atoms with Crippen molar-refractivity contribution in [3.8, 4) is 0 Å². The van der Waals surface area contributed by atoms with Crippen LogP contribution in [0.1, 0.15) is 101 Å². The summed E-state index contributed by atoms with van der Waals surface area (Å²) in [6.07, 6.45) is -8.80. The summed E-state index contributed by atoms with van der Waals surface area (Å²) < 4.78 is 36.6. The lowest BCUT2D eigenvalue weighted by Gasteiger charge is -2.48. The van der Waals surface area contributed by atoms with Gasteiger partial charge in [-0.15, -0.1) is 0 Å². The maximum absolute atomic E-state index is 14.0. The van der Waals surface area contributed by atoms with Gasteiger partial charge in [-0.1, -0.05) is 27.7 Å². The van der Waals surface area contributed by atoms with E-state index in [4.69, 9.17) is 28.4 Å². The largest absolute Gasteiger partial charge is 0.459 e.